The fraction of sp³-hybridized carbons (Fsp3) is 0.700. The van der Waals surface area contributed by atoms with Gasteiger partial charge in [0.2, 0.25) is 0 Å². The molecule has 2 rings (SSSR count). The Morgan fingerprint density at radius 1 is 1.57 bits per heavy atom. The van der Waals surface area contributed by atoms with E-state index < -0.39 is 0 Å². The highest BCUT2D eigenvalue weighted by Gasteiger charge is 2.24. The van der Waals surface area contributed by atoms with Gasteiger partial charge in [-0.1, -0.05) is 0 Å². The molecule has 0 bridgehead atoms. The van der Waals surface area contributed by atoms with Crippen molar-refractivity contribution < 1.29 is 0 Å². The Morgan fingerprint density at radius 3 is 3.07 bits per heavy atom. The molecule has 0 fully saturated rings. The summed E-state index contributed by atoms with van der Waals surface area (Å²) < 4.78 is 0. The fourth-order valence-corrected chi connectivity index (χ4v) is 3.10. The molecular weight excluding hydrogens is 194 g/mol. The number of aromatic nitrogens is 1. The number of aryl methyl sites for hydroxylation is 1. The molecule has 1 heterocycles. The van der Waals surface area contributed by atoms with E-state index in [4.69, 9.17) is 5.73 Å². The van der Waals surface area contributed by atoms with Crippen molar-refractivity contribution in [3.63, 3.8) is 0 Å². The standard InChI is InChI=1S/C10H17N3S/c1-13(2)6-7-4-3-5-8-9(7)12-10(11)14-8/h7H,3-6H2,1-2H3,(H2,11,12). The number of nitrogens with two attached hydrogens (primary N) is 1. The lowest BCUT2D eigenvalue weighted by molar-refractivity contribution is 0.350. The molecule has 1 aliphatic carbocycles. The van der Waals surface area contributed by atoms with Crippen LogP contribution < -0.4 is 5.73 Å². The van der Waals surface area contributed by atoms with Crippen LogP contribution in [-0.4, -0.2) is 30.5 Å². The van der Waals surface area contributed by atoms with E-state index in [0.717, 1.165) is 11.7 Å². The lowest BCUT2D eigenvalue weighted by atomic mass is 9.91. The first-order chi connectivity index (χ1) is 6.66. The summed E-state index contributed by atoms with van der Waals surface area (Å²) in [6.45, 7) is 1.09. The quantitative estimate of drug-likeness (QED) is 0.809. The molecule has 1 aliphatic rings. The van der Waals surface area contributed by atoms with Crippen LogP contribution in [0.5, 0.6) is 0 Å². The van der Waals surface area contributed by atoms with Crippen LogP contribution in [0, 0.1) is 0 Å². The number of nitrogens with zero attached hydrogens (tertiary/aromatic N) is 2. The molecule has 0 spiro atoms. The van der Waals surface area contributed by atoms with Gasteiger partial charge in [-0.25, -0.2) is 4.98 Å². The predicted octanol–water partition coefficient (Wildman–Crippen LogP) is 1.71. The average Bonchev–Trinajstić information content (AvgIpc) is 2.45. The number of fused-ring (bicyclic) bond motifs is 1. The molecule has 3 nitrogen and oxygen atoms in total. The molecule has 0 radical (unpaired) electrons. The highest BCUT2D eigenvalue weighted by atomic mass is 32.1. The number of hydrogen-bond donors (Lipinski definition) is 1. The highest BCUT2D eigenvalue weighted by Crippen LogP contribution is 2.35. The number of nitrogen functional groups attached to an aromatic ring is 1. The molecule has 1 aromatic heterocycles. The number of likely N-dealkylation sites (N-methyl/N-ethyl adjacent to an activating group) is 1. The summed E-state index contributed by atoms with van der Waals surface area (Å²) in [5, 5.41) is 0.737. The Balaban J connectivity index is 2.21. The van der Waals surface area contributed by atoms with Gasteiger partial charge in [0.25, 0.3) is 0 Å². The molecule has 2 N–H and O–H groups in total. The zero-order chi connectivity index (χ0) is 10.1. The first-order valence-corrected chi connectivity index (χ1v) is 5.88. The molecule has 78 valence electrons. The molecule has 0 amide bonds. The minimum absolute atomic E-state index is 0.599. The second kappa shape index (κ2) is 3.87. The van der Waals surface area contributed by atoms with E-state index in [1.807, 2.05) is 0 Å². The molecule has 1 unspecified atom stereocenters. The highest BCUT2D eigenvalue weighted by molar-refractivity contribution is 7.15. The van der Waals surface area contributed by atoms with E-state index in [2.05, 4.69) is 24.0 Å². The van der Waals surface area contributed by atoms with Crippen LogP contribution in [0.2, 0.25) is 0 Å². The normalized spacial score (nSPS) is 21.2. The van der Waals surface area contributed by atoms with Gasteiger partial charge in [0.1, 0.15) is 0 Å². The second-order valence-corrected chi connectivity index (χ2v) is 5.33. The first-order valence-electron chi connectivity index (χ1n) is 5.06. The van der Waals surface area contributed by atoms with Crippen molar-refractivity contribution in [3.05, 3.63) is 10.6 Å². The zero-order valence-electron chi connectivity index (χ0n) is 8.79. The first kappa shape index (κ1) is 9.93. The summed E-state index contributed by atoms with van der Waals surface area (Å²) in [6.07, 6.45) is 3.72. The van der Waals surface area contributed by atoms with Gasteiger partial charge in [0.05, 0.1) is 5.69 Å². The molecule has 0 aromatic carbocycles. The third-order valence-corrected chi connectivity index (χ3v) is 3.63. The third kappa shape index (κ3) is 1.91. The Labute approximate surface area is 88.9 Å². The van der Waals surface area contributed by atoms with Gasteiger partial charge >= 0.3 is 0 Å². The maximum absolute atomic E-state index is 5.75. The van der Waals surface area contributed by atoms with Gasteiger partial charge in [0, 0.05) is 17.3 Å². The van der Waals surface area contributed by atoms with E-state index in [0.29, 0.717) is 5.92 Å². The van der Waals surface area contributed by atoms with Gasteiger partial charge in [0.15, 0.2) is 5.13 Å². The van der Waals surface area contributed by atoms with Gasteiger partial charge < -0.3 is 10.6 Å². The van der Waals surface area contributed by atoms with Gasteiger partial charge in [-0.05, 0) is 33.4 Å². The Morgan fingerprint density at radius 2 is 2.36 bits per heavy atom. The summed E-state index contributed by atoms with van der Waals surface area (Å²) >= 11 is 1.67. The van der Waals surface area contributed by atoms with Crippen LogP contribution in [0.25, 0.3) is 0 Å². The molecule has 0 saturated carbocycles. The Kier molecular flexibility index (Phi) is 2.74. The number of rotatable bonds is 2. The fourth-order valence-electron chi connectivity index (χ4n) is 2.14. The van der Waals surface area contributed by atoms with Crippen LogP contribution in [0.15, 0.2) is 0 Å². The van der Waals surface area contributed by atoms with Crippen molar-refractivity contribution in [2.75, 3.05) is 26.4 Å². The lowest BCUT2D eigenvalue weighted by Gasteiger charge is -2.23. The molecule has 4 heteroatoms. The van der Waals surface area contributed by atoms with Crippen LogP contribution >= 0.6 is 11.3 Å². The summed E-state index contributed by atoms with van der Waals surface area (Å²) in [5.74, 6) is 0.599. The largest absolute Gasteiger partial charge is 0.375 e. The molecule has 14 heavy (non-hydrogen) atoms. The topological polar surface area (TPSA) is 42.1 Å². The molecule has 1 aromatic rings. The lowest BCUT2D eigenvalue weighted by Crippen LogP contribution is -2.23. The van der Waals surface area contributed by atoms with Crippen molar-refractivity contribution >= 4 is 16.5 Å². The van der Waals surface area contributed by atoms with Crippen molar-refractivity contribution in [3.8, 4) is 0 Å². The average molecular weight is 211 g/mol. The molecule has 1 atom stereocenters. The summed E-state index contributed by atoms with van der Waals surface area (Å²) in [7, 11) is 4.23. The van der Waals surface area contributed by atoms with Crippen molar-refractivity contribution in [2.45, 2.75) is 25.2 Å². The van der Waals surface area contributed by atoms with Crippen LogP contribution in [0.1, 0.15) is 29.3 Å². The monoisotopic (exact) mass is 211 g/mol. The van der Waals surface area contributed by atoms with Crippen molar-refractivity contribution in [2.24, 2.45) is 0 Å². The number of thiazole rings is 1. The number of hydrogen-bond acceptors (Lipinski definition) is 4. The zero-order valence-corrected chi connectivity index (χ0v) is 9.60. The smallest absolute Gasteiger partial charge is 0.180 e. The maximum Gasteiger partial charge on any atom is 0.180 e. The van der Waals surface area contributed by atoms with E-state index in [-0.39, 0.29) is 0 Å². The van der Waals surface area contributed by atoms with Gasteiger partial charge in [-0.3, -0.25) is 0 Å². The SMILES string of the molecule is CN(C)CC1CCCc2sc(N)nc21. The third-order valence-electron chi connectivity index (χ3n) is 2.67. The second-order valence-electron chi connectivity index (χ2n) is 4.21. The van der Waals surface area contributed by atoms with Crippen LogP contribution in [-0.2, 0) is 6.42 Å². The van der Waals surface area contributed by atoms with Crippen LogP contribution in [0.4, 0.5) is 5.13 Å². The van der Waals surface area contributed by atoms with E-state index >= 15 is 0 Å². The van der Waals surface area contributed by atoms with E-state index in [1.54, 1.807) is 11.3 Å². The summed E-state index contributed by atoms with van der Waals surface area (Å²) in [6, 6.07) is 0. The molecule has 0 aliphatic heterocycles. The summed E-state index contributed by atoms with van der Waals surface area (Å²) in [4.78, 5) is 8.10. The Hall–Kier alpha value is -0.610. The predicted molar refractivity (Wildman–Crippen MR) is 60.8 cm³/mol. The minimum Gasteiger partial charge on any atom is -0.375 e. The van der Waals surface area contributed by atoms with Gasteiger partial charge in [-0.15, -0.1) is 11.3 Å². The minimum atomic E-state index is 0.599. The van der Waals surface area contributed by atoms with E-state index in [9.17, 15) is 0 Å². The van der Waals surface area contributed by atoms with E-state index in [1.165, 1.54) is 29.8 Å². The molecule has 0 saturated heterocycles. The number of anilines is 1. The maximum atomic E-state index is 5.75. The molecular formula is C10H17N3S. The van der Waals surface area contributed by atoms with Crippen molar-refractivity contribution in [1.82, 2.24) is 9.88 Å². The van der Waals surface area contributed by atoms with Gasteiger partial charge in [-0.2, -0.15) is 0 Å². The van der Waals surface area contributed by atoms with Crippen LogP contribution in [0.3, 0.4) is 0 Å². The van der Waals surface area contributed by atoms with Crippen molar-refractivity contribution in [1.29, 1.82) is 0 Å². The summed E-state index contributed by atoms with van der Waals surface area (Å²) in [5.41, 5.74) is 7.02. The Bertz CT molecular complexity index is 319.